The highest BCUT2D eigenvalue weighted by atomic mass is 79.9. The molecule has 0 spiro atoms. The highest BCUT2D eigenvalue weighted by Crippen LogP contribution is 2.26. The van der Waals surface area contributed by atoms with Crippen molar-refractivity contribution in [3.8, 4) is 0 Å². The zero-order chi connectivity index (χ0) is 12.4. The number of halogens is 1. The van der Waals surface area contributed by atoms with Crippen molar-refractivity contribution < 1.29 is 0 Å². The maximum Gasteiger partial charge on any atom is 0.112 e. The Morgan fingerprint density at radius 3 is 2.83 bits per heavy atom. The molecule has 1 aliphatic carbocycles. The second-order valence-electron chi connectivity index (χ2n) is 4.86. The summed E-state index contributed by atoms with van der Waals surface area (Å²) in [4.78, 5) is 8.84. The van der Waals surface area contributed by atoms with Crippen LogP contribution >= 0.6 is 15.9 Å². The lowest BCUT2D eigenvalue weighted by molar-refractivity contribution is 0.463. The van der Waals surface area contributed by atoms with Crippen LogP contribution in [0.15, 0.2) is 29.0 Å². The summed E-state index contributed by atoms with van der Waals surface area (Å²) in [6.07, 6.45) is 10.2. The first-order valence-corrected chi connectivity index (χ1v) is 7.29. The van der Waals surface area contributed by atoms with Gasteiger partial charge in [0, 0.05) is 22.9 Å². The summed E-state index contributed by atoms with van der Waals surface area (Å²) in [5, 5.41) is 3.63. The first kappa shape index (κ1) is 11.9. The normalized spacial score (nSPS) is 16.9. The molecule has 0 aliphatic heterocycles. The minimum absolute atomic E-state index is 0.592. The van der Waals surface area contributed by atoms with E-state index >= 15 is 0 Å². The number of fused-ring (bicyclic) bond motifs is 1. The lowest BCUT2D eigenvalue weighted by atomic mass is 9.95. The maximum absolute atomic E-state index is 4.47. The number of anilines is 1. The molecular weight excluding hydrogens is 290 g/mol. The van der Waals surface area contributed by atoms with E-state index in [9.17, 15) is 0 Å². The summed E-state index contributed by atoms with van der Waals surface area (Å²) in [6, 6.07) is 4.63. The van der Waals surface area contributed by atoms with E-state index < -0.39 is 0 Å². The SMILES string of the molecule is Brc1cnc2c(NC3CCCCC3)ccnc2c1. The number of hydrogen-bond acceptors (Lipinski definition) is 3. The lowest BCUT2D eigenvalue weighted by Gasteiger charge is -2.24. The molecule has 4 heteroatoms. The maximum atomic E-state index is 4.47. The quantitative estimate of drug-likeness (QED) is 0.906. The van der Waals surface area contributed by atoms with Gasteiger partial charge in [-0.1, -0.05) is 19.3 Å². The van der Waals surface area contributed by atoms with Crippen LogP contribution in [0.1, 0.15) is 32.1 Å². The van der Waals surface area contributed by atoms with Crippen LogP contribution in [0.25, 0.3) is 11.0 Å². The van der Waals surface area contributed by atoms with E-state index in [2.05, 4.69) is 31.2 Å². The van der Waals surface area contributed by atoms with Crippen molar-refractivity contribution in [2.75, 3.05) is 5.32 Å². The molecule has 1 N–H and O–H groups in total. The van der Waals surface area contributed by atoms with E-state index in [0.29, 0.717) is 6.04 Å². The Balaban J connectivity index is 1.91. The van der Waals surface area contributed by atoms with Crippen LogP contribution in [0.5, 0.6) is 0 Å². The minimum Gasteiger partial charge on any atom is -0.380 e. The molecule has 1 saturated carbocycles. The molecule has 2 aromatic rings. The van der Waals surface area contributed by atoms with Crippen molar-refractivity contribution in [1.82, 2.24) is 9.97 Å². The van der Waals surface area contributed by atoms with Gasteiger partial charge in [0.25, 0.3) is 0 Å². The standard InChI is InChI=1S/C14H16BrN3/c15-10-8-13-14(17-9-10)12(6-7-16-13)18-11-4-2-1-3-5-11/h6-9,11H,1-5H2,(H,16,18). The van der Waals surface area contributed by atoms with Gasteiger partial charge in [-0.3, -0.25) is 9.97 Å². The molecule has 18 heavy (non-hydrogen) atoms. The van der Waals surface area contributed by atoms with Crippen molar-refractivity contribution in [2.24, 2.45) is 0 Å². The van der Waals surface area contributed by atoms with Gasteiger partial charge in [-0.25, -0.2) is 0 Å². The molecule has 0 bridgehead atoms. The number of nitrogens with one attached hydrogen (secondary N) is 1. The molecule has 0 saturated heterocycles. The molecule has 1 fully saturated rings. The van der Waals surface area contributed by atoms with Gasteiger partial charge in [0.15, 0.2) is 0 Å². The first-order chi connectivity index (χ1) is 8.83. The lowest BCUT2D eigenvalue weighted by Crippen LogP contribution is -2.22. The van der Waals surface area contributed by atoms with Gasteiger partial charge in [0.05, 0.1) is 11.2 Å². The van der Waals surface area contributed by atoms with E-state index in [1.54, 1.807) is 0 Å². The Bertz CT molecular complexity index is 550. The molecule has 0 radical (unpaired) electrons. The van der Waals surface area contributed by atoms with E-state index in [1.165, 1.54) is 32.1 Å². The summed E-state index contributed by atoms with van der Waals surface area (Å²) in [6.45, 7) is 0. The summed E-state index contributed by atoms with van der Waals surface area (Å²) < 4.78 is 0.970. The van der Waals surface area contributed by atoms with E-state index in [1.807, 2.05) is 24.5 Å². The Morgan fingerprint density at radius 1 is 1.17 bits per heavy atom. The topological polar surface area (TPSA) is 37.8 Å². The smallest absolute Gasteiger partial charge is 0.112 e. The molecule has 0 unspecified atom stereocenters. The van der Waals surface area contributed by atoms with Crippen LogP contribution in [0.2, 0.25) is 0 Å². The number of nitrogens with zero attached hydrogens (tertiary/aromatic N) is 2. The number of aromatic nitrogens is 2. The first-order valence-electron chi connectivity index (χ1n) is 6.50. The van der Waals surface area contributed by atoms with Crippen LogP contribution in [-0.2, 0) is 0 Å². The zero-order valence-electron chi connectivity index (χ0n) is 10.2. The molecule has 2 aromatic heterocycles. The Hall–Kier alpha value is -1.16. The van der Waals surface area contributed by atoms with Crippen molar-refractivity contribution >= 4 is 32.7 Å². The van der Waals surface area contributed by atoms with Crippen LogP contribution in [-0.4, -0.2) is 16.0 Å². The zero-order valence-corrected chi connectivity index (χ0v) is 11.8. The third-order valence-electron chi connectivity index (χ3n) is 3.51. The highest BCUT2D eigenvalue weighted by Gasteiger charge is 2.14. The van der Waals surface area contributed by atoms with Crippen molar-refractivity contribution in [3.63, 3.8) is 0 Å². The van der Waals surface area contributed by atoms with Gasteiger partial charge in [-0.15, -0.1) is 0 Å². The Labute approximate surface area is 115 Å². The number of pyridine rings is 2. The monoisotopic (exact) mass is 305 g/mol. The van der Waals surface area contributed by atoms with Crippen molar-refractivity contribution in [1.29, 1.82) is 0 Å². The molecule has 0 aromatic carbocycles. The number of rotatable bonds is 2. The molecule has 0 amide bonds. The molecule has 1 aliphatic rings. The van der Waals surface area contributed by atoms with Crippen LogP contribution in [0.3, 0.4) is 0 Å². The molecular formula is C14H16BrN3. The fourth-order valence-electron chi connectivity index (χ4n) is 2.59. The molecule has 3 nitrogen and oxygen atoms in total. The van der Waals surface area contributed by atoms with Gasteiger partial charge in [-0.2, -0.15) is 0 Å². The largest absolute Gasteiger partial charge is 0.380 e. The van der Waals surface area contributed by atoms with Crippen LogP contribution in [0.4, 0.5) is 5.69 Å². The fraction of sp³-hybridized carbons (Fsp3) is 0.429. The average molecular weight is 306 g/mol. The predicted molar refractivity (Wildman–Crippen MR) is 77.7 cm³/mol. The molecule has 0 atom stereocenters. The summed E-state index contributed by atoms with van der Waals surface area (Å²) >= 11 is 3.43. The summed E-state index contributed by atoms with van der Waals surface area (Å²) in [7, 11) is 0. The number of hydrogen-bond donors (Lipinski definition) is 1. The highest BCUT2D eigenvalue weighted by molar-refractivity contribution is 9.10. The van der Waals surface area contributed by atoms with Gasteiger partial charge < -0.3 is 5.32 Å². The minimum atomic E-state index is 0.592. The molecule has 3 rings (SSSR count). The van der Waals surface area contributed by atoms with E-state index in [0.717, 1.165) is 21.2 Å². The van der Waals surface area contributed by atoms with Crippen molar-refractivity contribution in [3.05, 3.63) is 29.0 Å². The predicted octanol–water partition coefficient (Wildman–Crippen LogP) is 4.14. The summed E-state index contributed by atoms with van der Waals surface area (Å²) in [5.41, 5.74) is 3.01. The molecule has 2 heterocycles. The fourth-order valence-corrected chi connectivity index (χ4v) is 2.91. The second-order valence-corrected chi connectivity index (χ2v) is 5.77. The average Bonchev–Trinajstić information content (AvgIpc) is 2.40. The third kappa shape index (κ3) is 2.48. The third-order valence-corrected chi connectivity index (χ3v) is 3.94. The van der Waals surface area contributed by atoms with Crippen molar-refractivity contribution in [2.45, 2.75) is 38.1 Å². The molecule has 94 valence electrons. The Morgan fingerprint density at radius 2 is 2.00 bits per heavy atom. The summed E-state index contributed by atoms with van der Waals surface area (Å²) in [5.74, 6) is 0. The Kier molecular flexibility index (Phi) is 3.46. The van der Waals surface area contributed by atoms with E-state index in [4.69, 9.17) is 0 Å². The van der Waals surface area contributed by atoms with E-state index in [-0.39, 0.29) is 0 Å². The van der Waals surface area contributed by atoms with Gasteiger partial charge in [0.2, 0.25) is 0 Å². The van der Waals surface area contributed by atoms with Gasteiger partial charge in [-0.05, 0) is 40.9 Å². The second kappa shape index (κ2) is 5.22. The van der Waals surface area contributed by atoms with Crippen LogP contribution < -0.4 is 5.32 Å². The van der Waals surface area contributed by atoms with Gasteiger partial charge >= 0.3 is 0 Å². The van der Waals surface area contributed by atoms with Crippen LogP contribution in [0, 0.1) is 0 Å². The van der Waals surface area contributed by atoms with Gasteiger partial charge in [0.1, 0.15) is 5.52 Å².